The Hall–Kier alpha value is -2.21. The SMILES string of the molecule is O=C(O)/C=C/c1cncc(C(=O)NC2CC3CCC2O3)c1. The highest BCUT2D eigenvalue weighted by atomic mass is 16.5. The molecule has 0 saturated carbocycles. The first kappa shape index (κ1) is 13.8. The summed E-state index contributed by atoms with van der Waals surface area (Å²) in [7, 11) is 0. The minimum absolute atomic E-state index is 0.0643. The fraction of sp³-hybridized carbons (Fsp3) is 0.400. The number of pyridine rings is 1. The maximum absolute atomic E-state index is 12.2. The molecule has 2 saturated heterocycles. The van der Waals surface area contributed by atoms with E-state index in [1.54, 1.807) is 6.07 Å². The Morgan fingerprint density at radius 3 is 2.90 bits per heavy atom. The van der Waals surface area contributed by atoms with Gasteiger partial charge in [-0.05, 0) is 37.0 Å². The number of aliphatic carboxylic acids is 1. The third-order valence-electron chi connectivity index (χ3n) is 3.86. The normalized spacial score (nSPS) is 27.1. The van der Waals surface area contributed by atoms with E-state index < -0.39 is 5.97 Å². The molecule has 1 aromatic heterocycles. The van der Waals surface area contributed by atoms with Gasteiger partial charge in [-0.15, -0.1) is 0 Å². The molecule has 0 spiro atoms. The van der Waals surface area contributed by atoms with Crippen molar-refractivity contribution in [2.24, 2.45) is 0 Å². The fourth-order valence-electron chi connectivity index (χ4n) is 2.88. The standard InChI is InChI=1S/C15H16N2O4/c18-14(19)4-1-9-5-10(8-16-7-9)15(20)17-12-6-11-2-3-13(12)21-11/h1,4-5,7-8,11-13H,2-3,6H2,(H,17,20)(H,18,19)/b4-1+. The minimum Gasteiger partial charge on any atom is -0.478 e. The number of amides is 1. The average molecular weight is 288 g/mol. The Balaban J connectivity index is 1.67. The molecular formula is C15H16N2O4. The van der Waals surface area contributed by atoms with Gasteiger partial charge in [-0.25, -0.2) is 4.79 Å². The molecule has 1 amide bonds. The fourth-order valence-corrected chi connectivity index (χ4v) is 2.88. The zero-order chi connectivity index (χ0) is 14.8. The van der Waals surface area contributed by atoms with Crippen molar-refractivity contribution >= 4 is 18.0 Å². The monoisotopic (exact) mass is 288 g/mol. The highest BCUT2D eigenvalue weighted by Crippen LogP contribution is 2.34. The maximum atomic E-state index is 12.2. The van der Waals surface area contributed by atoms with E-state index in [-0.39, 0.29) is 24.2 Å². The number of fused-ring (bicyclic) bond motifs is 2. The van der Waals surface area contributed by atoms with Gasteiger partial charge in [0.1, 0.15) is 0 Å². The second-order valence-corrected chi connectivity index (χ2v) is 5.37. The summed E-state index contributed by atoms with van der Waals surface area (Å²) in [4.78, 5) is 26.7. The first-order chi connectivity index (χ1) is 10.1. The van der Waals surface area contributed by atoms with Gasteiger partial charge in [0.15, 0.2) is 0 Å². The van der Waals surface area contributed by atoms with Crippen molar-refractivity contribution in [2.75, 3.05) is 0 Å². The molecule has 6 heteroatoms. The van der Waals surface area contributed by atoms with Crippen molar-refractivity contribution in [2.45, 2.75) is 37.5 Å². The van der Waals surface area contributed by atoms with Crippen LogP contribution >= 0.6 is 0 Å². The Kier molecular flexibility index (Phi) is 3.70. The summed E-state index contributed by atoms with van der Waals surface area (Å²) in [5.41, 5.74) is 1.000. The van der Waals surface area contributed by atoms with Crippen LogP contribution in [0.1, 0.15) is 35.2 Å². The number of carboxylic acids is 1. The predicted molar refractivity (Wildman–Crippen MR) is 74.7 cm³/mol. The highest BCUT2D eigenvalue weighted by Gasteiger charge is 2.41. The van der Waals surface area contributed by atoms with Crippen molar-refractivity contribution in [3.63, 3.8) is 0 Å². The van der Waals surface area contributed by atoms with Gasteiger partial charge in [0.2, 0.25) is 0 Å². The Morgan fingerprint density at radius 1 is 1.38 bits per heavy atom. The minimum atomic E-state index is -1.04. The van der Waals surface area contributed by atoms with Crippen LogP contribution in [-0.4, -0.2) is 40.2 Å². The number of rotatable bonds is 4. The lowest BCUT2D eigenvalue weighted by atomic mass is 9.95. The maximum Gasteiger partial charge on any atom is 0.328 e. The molecule has 2 aliphatic heterocycles. The molecule has 0 radical (unpaired) electrons. The van der Waals surface area contributed by atoms with Gasteiger partial charge in [-0.3, -0.25) is 9.78 Å². The Bertz CT molecular complexity index is 599. The molecule has 3 unspecified atom stereocenters. The van der Waals surface area contributed by atoms with E-state index in [1.165, 1.54) is 18.5 Å². The number of hydrogen-bond acceptors (Lipinski definition) is 4. The first-order valence-electron chi connectivity index (χ1n) is 6.94. The molecule has 2 fully saturated rings. The first-order valence-corrected chi connectivity index (χ1v) is 6.94. The quantitative estimate of drug-likeness (QED) is 0.813. The lowest BCUT2D eigenvalue weighted by Crippen LogP contribution is -2.41. The molecule has 0 aliphatic carbocycles. The molecule has 0 aromatic carbocycles. The molecule has 2 N–H and O–H groups in total. The molecule has 3 heterocycles. The van der Waals surface area contributed by atoms with E-state index in [2.05, 4.69) is 10.3 Å². The van der Waals surface area contributed by atoms with Gasteiger partial charge < -0.3 is 15.2 Å². The number of aromatic nitrogens is 1. The number of hydrogen-bond donors (Lipinski definition) is 2. The summed E-state index contributed by atoms with van der Waals surface area (Å²) in [6.07, 6.45) is 8.75. The smallest absolute Gasteiger partial charge is 0.328 e. The van der Waals surface area contributed by atoms with Gasteiger partial charge in [0, 0.05) is 18.5 Å². The van der Waals surface area contributed by atoms with Gasteiger partial charge in [-0.2, -0.15) is 0 Å². The third kappa shape index (κ3) is 3.11. The van der Waals surface area contributed by atoms with Crippen molar-refractivity contribution in [3.05, 3.63) is 35.7 Å². The molecule has 110 valence electrons. The number of carboxylic acid groups (broad SMARTS) is 1. The zero-order valence-corrected chi connectivity index (χ0v) is 11.4. The second-order valence-electron chi connectivity index (χ2n) is 5.37. The summed E-state index contributed by atoms with van der Waals surface area (Å²) >= 11 is 0. The van der Waals surface area contributed by atoms with Gasteiger partial charge >= 0.3 is 5.97 Å². The van der Waals surface area contributed by atoms with Crippen molar-refractivity contribution in [3.8, 4) is 0 Å². The lowest BCUT2D eigenvalue weighted by molar-refractivity contribution is -0.131. The number of nitrogens with zero attached hydrogens (tertiary/aromatic N) is 1. The topological polar surface area (TPSA) is 88.5 Å². The Morgan fingerprint density at radius 2 is 2.24 bits per heavy atom. The van der Waals surface area contributed by atoms with Crippen molar-refractivity contribution in [1.29, 1.82) is 0 Å². The van der Waals surface area contributed by atoms with E-state index in [4.69, 9.17) is 9.84 Å². The number of carbonyl (C=O) groups is 2. The van der Waals surface area contributed by atoms with E-state index in [1.807, 2.05) is 0 Å². The Labute approximate surface area is 121 Å². The largest absolute Gasteiger partial charge is 0.478 e. The highest BCUT2D eigenvalue weighted by molar-refractivity contribution is 5.95. The van der Waals surface area contributed by atoms with Crippen LogP contribution in [0.25, 0.3) is 6.08 Å². The van der Waals surface area contributed by atoms with Crippen molar-refractivity contribution < 1.29 is 19.4 Å². The summed E-state index contributed by atoms with van der Waals surface area (Å²) in [5.74, 6) is -1.24. The summed E-state index contributed by atoms with van der Waals surface area (Å²) < 4.78 is 5.70. The van der Waals surface area contributed by atoms with E-state index in [0.717, 1.165) is 25.3 Å². The van der Waals surface area contributed by atoms with Gasteiger partial charge in [-0.1, -0.05) is 0 Å². The molecule has 2 aliphatic rings. The van der Waals surface area contributed by atoms with Crippen LogP contribution in [0.5, 0.6) is 0 Å². The second kappa shape index (κ2) is 5.65. The number of nitrogens with one attached hydrogen (secondary N) is 1. The van der Waals surface area contributed by atoms with E-state index in [9.17, 15) is 9.59 Å². The summed E-state index contributed by atoms with van der Waals surface area (Å²) in [6.45, 7) is 0. The number of ether oxygens (including phenoxy) is 1. The molecule has 2 bridgehead atoms. The molecule has 6 nitrogen and oxygen atoms in total. The summed E-state index contributed by atoms with van der Waals surface area (Å²) in [5, 5.41) is 11.6. The molecule has 1 aromatic rings. The molecular weight excluding hydrogens is 272 g/mol. The molecule has 21 heavy (non-hydrogen) atoms. The third-order valence-corrected chi connectivity index (χ3v) is 3.86. The average Bonchev–Trinajstić information content (AvgIpc) is 3.08. The zero-order valence-electron chi connectivity index (χ0n) is 11.4. The summed E-state index contributed by atoms with van der Waals surface area (Å²) in [6, 6.07) is 1.69. The number of carbonyl (C=O) groups excluding carboxylic acids is 1. The van der Waals surface area contributed by atoms with Crippen LogP contribution in [0.3, 0.4) is 0 Å². The van der Waals surface area contributed by atoms with Crippen LogP contribution < -0.4 is 5.32 Å². The van der Waals surface area contributed by atoms with Crippen LogP contribution in [-0.2, 0) is 9.53 Å². The van der Waals surface area contributed by atoms with Crippen LogP contribution in [0, 0.1) is 0 Å². The van der Waals surface area contributed by atoms with E-state index in [0.29, 0.717) is 11.1 Å². The molecule has 3 atom stereocenters. The molecule has 3 rings (SSSR count). The van der Waals surface area contributed by atoms with Crippen LogP contribution in [0.4, 0.5) is 0 Å². The van der Waals surface area contributed by atoms with Gasteiger partial charge in [0.05, 0.1) is 23.8 Å². The van der Waals surface area contributed by atoms with Crippen molar-refractivity contribution in [1.82, 2.24) is 10.3 Å². The van der Waals surface area contributed by atoms with Crippen LogP contribution in [0.15, 0.2) is 24.5 Å². The van der Waals surface area contributed by atoms with Crippen LogP contribution in [0.2, 0.25) is 0 Å². The van der Waals surface area contributed by atoms with Gasteiger partial charge in [0.25, 0.3) is 5.91 Å². The predicted octanol–water partition coefficient (Wildman–Crippen LogP) is 1.23. The lowest BCUT2D eigenvalue weighted by Gasteiger charge is -2.19. The van der Waals surface area contributed by atoms with E-state index >= 15 is 0 Å².